The summed E-state index contributed by atoms with van der Waals surface area (Å²) < 4.78 is 5.29. The van der Waals surface area contributed by atoms with Gasteiger partial charge in [0.1, 0.15) is 0 Å². The zero-order valence-electron chi connectivity index (χ0n) is 12.4. The predicted octanol–water partition coefficient (Wildman–Crippen LogP) is 2.67. The molecule has 0 aromatic heterocycles. The first-order chi connectivity index (χ1) is 9.85. The summed E-state index contributed by atoms with van der Waals surface area (Å²) in [6.45, 7) is 2.48. The van der Waals surface area contributed by atoms with E-state index in [0.29, 0.717) is 18.6 Å². The Hall–Kier alpha value is -0.900. The Morgan fingerprint density at radius 1 is 1.25 bits per heavy atom. The van der Waals surface area contributed by atoms with Gasteiger partial charge in [-0.05, 0) is 42.7 Å². The van der Waals surface area contributed by atoms with E-state index in [1.165, 1.54) is 36.8 Å². The second-order valence-electron chi connectivity index (χ2n) is 6.12. The number of hydrogen-bond acceptors (Lipinski definition) is 3. The van der Waals surface area contributed by atoms with Crippen molar-refractivity contribution in [3.63, 3.8) is 0 Å². The third-order valence-electron chi connectivity index (χ3n) is 4.57. The molecule has 0 bridgehead atoms. The summed E-state index contributed by atoms with van der Waals surface area (Å²) in [6, 6.07) is 9.98. The van der Waals surface area contributed by atoms with Crippen LogP contribution < -0.4 is 5.73 Å². The molecule has 2 fully saturated rings. The van der Waals surface area contributed by atoms with E-state index < -0.39 is 0 Å². The van der Waals surface area contributed by atoms with Crippen LogP contribution in [0.3, 0.4) is 0 Å². The number of nitrogens with two attached hydrogens (primary N) is 1. The van der Waals surface area contributed by atoms with Crippen molar-refractivity contribution in [2.75, 3.05) is 26.8 Å². The SMILES string of the molecule is COCCN(C1CC1)C(CN)c1ccccc1C1CC1. The number of nitrogens with zero attached hydrogens (tertiary/aromatic N) is 1. The Bertz CT molecular complexity index is 440. The molecule has 0 saturated heterocycles. The molecule has 0 radical (unpaired) electrons. The van der Waals surface area contributed by atoms with Crippen molar-refractivity contribution in [3.05, 3.63) is 35.4 Å². The molecule has 110 valence electrons. The highest BCUT2D eigenvalue weighted by atomic mass is 16.5. The lowest BCUT2D eigenvalue weighted by atomic mass is 9.96. The van der Waals surface area contributed by atoms with E-state index in [0.717, 1.165) is 19.1 Å². The first-order valence-electron chi connectivity index (χ1n) is 7.88. The molecule has 0 spiro atoms. The van der Waals surface area contributed by atoms with Gasteiger partial charge in [0.25, 0.3) is 0 Å². The molecule has 0 amide bonds. The molecule has 0 aliphatic heterocycles. The van der Waals surface area contributed by atoms with E-state index in [4.69, 9.17) is 10.5 Å². The number of hydrogen-bond donors (Lipinski definition) is 1. The van der Waals surface area contributed by atoms with Crippen molar-refractivity contribution in [2.24, 2.45) is 5.73 Å². The van der Waals surface area contributed by atoms with Crippen LogP contribution in [0.15, 0.2) is 24.3 Å². The average Bonchev–Trinajstić information content (AvgIpc) is 3.36. The van der Waals surface area contributed by atoms with Crippen LogP contribution in [-0.2, 0) is 4.74 Å². The lowest BCUT2D eigenvalue weighted by Gasteiger charge is -2.32. The molecule has 0 heterocycles. The fraction of sp³-hybridized carbons (Fsp3) is 0.647. The standard InChI is InChI=1S/C17H26N2O/c1-20-11-10-19(14-8-9-14)17(12-18)16-5-3-2-4-15(16)13-6-7-13/h2-5,13-14,17H,6-12,18H2,1H3. The molecule has 2 aliphatic carbocycles. The summed E-state index contributed by atoms with van der Waals surface area (Å²) in [4.78, 5) is 2.57. The van der Waals surface area contributed by atoms with Gasteiger partial charge in [0.15, 0.2) is 0 Å². The Morgan fingerprint density at radius 3 is 2.60 bits per heavy atom. The van der Waals surface area contributed by atoms with E-state index in [1.54, 1.807) is 7.11 Å². The molecular formula is C17H26N2O. The van der Waals surface area contributed by atoms with Gasteiger partial charge >= 0.3 is 0 Å². The van der Waals surface area contributed by atoms with Crippen LogP contribution in [0, 0.1) is 0 Å². The molecule has 2 N–H and O–H groups in total. The molecule has 1 atom stereocenters. The molecule has 3 nitrogen and oxygen atoms in total. The van der Waals surface area contributed by atoms with Gasteiger partial charge in [0.05, 0.1) is 6.61 Å². The third-order valence-corrected chi connectivity index (χ3v) is 4.57. The highest BCUT2D eigenvalue weighted by Crippen LogP contribution is 2.44. The Balaban J connectivity index is 1.83. The maximum absolute atomic E-state index is 6.15. The van der Waals surface area contributed by atoms with Crippen molar-refractivity contribution >= 4 is 0 Å². The van der Waals surface area contributed by atoms with Crippen LogP contribution in [0.5, 0.6) is 0 Å². The Morgan fingerprint density at radius 2 is 2.00 bits per heavy atom. The van der Waals surface area contributed by atoms with Gasteiger partial charge in [0, 0.05) is 32.3 Å². The zero-order chi connectivity index (χ0) is 13.9. The molecule has 2 saturated carbocycles. The van der Waals surface area contributed by atoms with Gasteiger partial charge in [-0.25, -0.2) is 0 Å². The quantitative estimate of drug-likeness (QED) is 0.792. The second kappa shape index (κ2) is 6.25. The first kappa shape index (κ1) is 14.1. The van der Waals surface area contributed by atoms with Crippen molar-refractivity contribution in [3.8, 4) is 0 Å². The topological polar surface area (TPSA) is 38.5 Å². The normalized spacial score (nSPS) is 20.4. The maximum Gasteiger partial charge on any atom is 0.0590 e. The lowest BCUT2D eigenvalue weighted by molar-refractivity contribution is 0.115. The molecular weight excluding hydrogens is 248 g/mol. The fourth-order valence-corrected chi connectivity index (χ4v) is 3.22. The molecule has 1 aromatic rings. The molecule has 20 heavy (non-hydrogen) atoms. The van der Waals surface area contributed by atoms with Gasteiger partial charge in [0.2, 0.25) is 0 Å². The number of rotatable bonds is 8. The Labute approximate surface area is 122 Å². The van der Waals surface area contributed by atoms with Gasteiger partial charge in [-0.15, -0.1) is 0 Å². The second-order valence-corrected chi connectivity index (χ2v) is 6.12. The van der Waals surface area contributed by atoms with Crippen LogP contribution >= 0.6 is 0 Å². The summed E-state index contributed by atoms with van der Waals surface area (Å²) in [5, 5.41) is 0. The molecule has 1 aromatic carbocycles. The van der Waals surface area contributed by atoms with Crippen LogP contribution in [0.1, 0.15) is 48.8 Å². The van der Waals surface area contributed by atoms with Crippen LogP contribution in [0.2, 0.25) is 0 Å². The van der Waals surface area contributed by atoms with Crippen molar-refractivity contribution in [2.45, 2.75) is 43.7 Å². The summed E-state index contributed by atoms with van der Waals surface area (Å²) in [6.07, 6.45) is 5.31. The summed E-state index contributed by atoms with van der Waals surface area (Å²) >= 11 is 0. The molecule has 2 aliphatic rings. The third kappa shape index (κ3) is 3.05. The maximum atomic E-state index is 6.15. The largest absolute Gasteiger partial charge is 0.383 e. The smallest absolute Gasteiger partial charge is 0.0590 e. The molecule has 3 rings (SSSR count). The molecule has 3 heteroatoms. The fourth-order valence-electron chi connectivity index (χ4n) is 3.22. The van der Waals surface area contributed by atoms with Gasteiger partial charge in [-0.2, -0.15) is 0 Å². The van der Waals surface area contributed by atoms with Crippen LogP contribution in [0.4, 0.5) is 0 Å². The summed E-state index contributed by atoms with van der Waals surface area (Å²) in [5.41, 5.74) is 9.14. The minimum Gasteiger partial charge on any atom is -0.383 e. The highest BCUT2D eigenvalue weighted by molar-refractivity contribution is 5.36. The number of benzene rings is 1. The van der Waals surface area contributed by atoms with Crippen LogP contribution in [0.25, 0.3) is 0 Å². The van der Waals surface area contributed by atoms with Gasteiger partial charge < -0.3 is 10.5 Å². The van der Waals surface area contributed by atoms with E-state index in [2.05, 4.69) is 29.2 Å². The van der Waals surface area contributed by atoms with E-state index in [1.807, 2.05) is 0 Å². The van der Waals surface area contributed by atoms with E-state index in [9.17, 15) is 0 Å². The van der Waals surface area contributed by atoms with Crippen molar-refractivity contribution in [1.82, 2.24) is 4.90 Å². The van der Waals surface area contributed by atoms with E-state index >= 15 is 0 Å². The minimum absolute atomic E-state index is 0.356. The monoisotopic (exact) mass is 274 g/mol. The minimum atomic E-state index is 0.356. The average molecular weight is 274 g/mol. The van der Waals surface area contributed by atoms with Gasteiger partial charge in [-0.3, -0.25) is 4.90 Å². The highest BCUT2D eigenvalue weighted by Gasteiger charge is 2.36. The predicted molar refractivity (Wildman–Crippen MR) is 81.8 cm³/mol. The van der Waals surface area contributed by atoms with Crippen molar-refractivity contribution < 1.29 is 4.74 Å². The molecule has 1 unspecified atom stereocenters. The van der Waals surface area contributed by atoms with E-state index in [-0.39, 0.29) is 0 Å². The number of methoxy groups -OCH3 is 1. The van der Waals surface area contributed by atoms with Crippen molar-refractivity contribution in [1.29, 1.82) is 0 Å². The van der Waals surface area contributed by atoms with Gasteiger partial charge in [-0.1, -0.05) is 24.3 Å². The summed E-state index contributed by atoms with van der Waals surface area (Å²) in [7, 11) is 1.78. The number of ether oxygens (including phenoxy) is 1. The zero-order valence-corrected chi connectivity index (χ0v) is 12.4. The summed E-state index contributed by atoms with van der Waals surface area (Å²) in [5.74, 6) is 0.781. The van der Waals surface area contributed by atoms with Crippen LogP contribution in [-0.4, -0.2) is 37.7 Å². The first-order valence-corrected chi connectivity index (χ1v) is 7.88. The Kier molecular flexibility index (Phi) is 4.39. The lowest BCUT2D eigenvalue weighted by Crippen LogP contribution is -2.38.